The minimum Gasteiger partial charge on any atom is -0.378 e. The molecule has 5 nitrogen and oxygen atoms in total. The van der Waals surface area contributed by atoms with E-state index < -0.39 is 0 Å². The molecule has 1 rings (SSSR count). The van der Waals surface area contributed by atoms with Crippen molar-refractivity contribution in [3.8, 4) is 0 Å². The number of nitrogens with one attached hydrogen (secondary N) is 1. The predicted molar refractivity (Wildman–Crippen MR) is 54.0 cm³/mol. The SMILES string of the molecule is CN(C)CCOCCN1CNCC1=O. The average Bonchev–Trinajstić information content (AvgIpc) is 2.51. The van der Waals surface area contributed by atoms with Crippen LogP contribution in [0.25, 0.3) is 0 Å². The third-order valence-electron chi connectivity index (χ3n) is 2.12. The Labute approximate surface area is 85.0 Å². The second kappa shape index (κ2) is 5.95. The van der Waals surface area contributed by atoms with Gasteiger partial charge in [0.25, 0.3) is 0 Å². The molecule has 5 heteroatoms. The summed E-state index contributed by atoms with van der Waals surface area (Å²) >= 11 is 0. The molecule has 0 spiro atoms. The van der Waals surface area contributed by atoms with Crippen LogP contribution in [0.5, 0.6) is 0 Å². The van der Waals surface area contributed by atoms with E-state index in [0.717, 1.165) is 13.2 Å². The molecule has 1 saturated heterocycles. The van der Waals surface area contributed by atoms with Crippen LogP contribution >= 0.6 is 0 Å². The molecular formula is C9H19N3O2. The first-order chi connectivity index (χ1) is 6.70. The Balaban J connectivity index is 1.96. The summed E-state index contributed by atoms with van der Waals surface area (Å²) in [5.41, 5.74) is 0. The van der Waals surface area contributed by atoms with Crippen molar-refractivity contribution in [2.45, 2.75) is 0 Å². The summed E-state index contributed by atoms with van der Waals surface area (Å²) in [4.78, 5) is 15.0. The summed E-state index contributed by atoms with van der Waals surface area (Å²) < 4.78 is 5.39. The summed E-state index contributed by atoms with van der Waals surface area (Å²) in [5, 5.41) is 2.99. The number of rotatable bonds is 6. The van der Waals surface area contributed by atoms with E-state index in [2.05, 4.69) is 10.2 Å². The quantitative estimate of drug-likeness (QED) is 0.557. The van der Waals surface area contributed by atoms with Gasteiger partial charge in [-0.3, -0.25) is 10.1 Å². The van der Waals surface area contributed by atoms with Crippen molar-refractivity contribution in [3.05, 3.63) is 0 Å². The summed E-state index contributed by atoms with van der Waals surface area (Å²) in [5.74, 6) is 0.168. The fraction of sp³-hybridized carbons (Fsp3) is 0.889. The summed E-state index contributed by atoms with van der Waals surface area (Å²) in [6.45, 7) is 4.10. The standard InChI is InChI=1S/C9H19N3O2/c1-11(2)3-5-14-6-4-12-8-10-7-9(12)13/h10H,3-8H2,1-2H3. The molecule has 0 unspecified atom stereocenters. The third-order valence-corrected chi connectivity index (χ3v) is 2.12. The Hall–Kier alpha value is -0.650. The van der Waals surface area contributed by atoms with Crippen LogP contribution in [0.1, 0.15) is 0 Å². The van der Waals surface area contributed by atoms with Crippen LogP contribution in [-0.2, 0) is 9.53 Å². The van der Waals surface area contributed by atoms with Gasteiger partial charge in [0.05, 0.1) is 26.4 Å². The molecule has 1 amide bonds. The average molecular weight is 201 g/mol. The first-order valence-electron chi connectivity index (χ1n) is 4.91. The van der Waals surface area contributed by atoms with E-state index >= 15 is 0 Å². The smallest absolute Gasteiger partial charge is 0.237 e. The van der Waals surface area contributed by atoms with Crippen molar-refractivity contribution in [3.63, 3.8) is 0 Å². The second-order valence-electron chi connectivity index (χ2n) is 3.66. The minimum absolute atomic E-state index is 0.168. The van der Waals surface area contributed by atoms with E-state index in [9.17, 15) is 4.79 Å². The van der Waals surface area contributed by atoms with Crippen molar-refractivity contribution in [1.82, 2.24) is 15.1 Å². The Morgan fingerprint density at radius 1 is 1.50 bits per heavy atom. The molecule has 0 aliphatic carbocycles. The number of likely N-dealkylation sites (N-methyl/N-ethyl adjacent to an activating group) is 1. The van der Waals surface area contributed by atoms with Crippen molar-refractivity contribution < 1.29 is 9.53 Å². The van der Waals surface area contributed by atoms with Crippen molar-refractivity contribution in [2.75, 3.05) is 53.6 Å². The lowest BCUT2D eigenvalue weighted by molar-refractivity contribution is -0.127. The molecule has 1 aliphatic heterocycles. The number of nitrogens with zero attached hydrogens (tertiary/aromatic N) is 2. The first kappa shape index (κ1) is 11.4. The maximum Gasteiger partial charge on any atom is 0.237 e. The molecule has 0 aromatic carbocycles. The fourth-order valence-electron chi connectivity index (χ4n) is 1.23. The highest BCUT2D eigenvalue weighted by molar-refractivity contribution is 5.79. The van der Waals surface area contributed by atoms with E-state index in [-0.39, 0.29) is 5.91 Å². The lowest BCUT2D eigenvalue weighted by Gasteiger charge is -2.15. The highest BCUT2D eigenvalue weighted by Crippen LogP contribution is 1.94. The molecule has 1 aliphatic rings. The molecule has 0 bridgehead atoms. The van der Waals surface area contributed by atoms with Crippen LogP contribution in [0.2, 0.25) is 0 Å². The number of carbonyl (C=O) groups excluding carboxylic acids is 1. The molecule has 0 aromatic heterocycles. The molecule has 1 N–H and O–H groups in total. The van der Waals surface area contributed by atoms with Gasteiger partial charge in [0.1, 0.15) is 0 Å². The molecule has 1 heterocycles. The van der Waals surface area contributed by atoms with Gasteiger partial charge in [0, 0.05) is 13.1 Å². The van der Waals surface area contributed by atoms with Gasteiger partial charge in [0.2, 0.25) is 5.91 Å². The maximum absolute atomic E-state index is 11.1. The van der Waals surface area contributed by atoms with Crippen molar-refractivity contribution >= 4 is 5.91 Å². The van der Waals surface area contributed by atoms with Gasteiger partial charge in [-0.2, -0.15) is 0 Å². The number of hydrogen-bond acceptors (Lipinski definition) is 4. The lowest BCUT2D eigenvalue weighted by atomic mass is 10.5. The molecule has 1 fully saturated rings. The van der Waals surface area contributed by atoms with Crippen LogP contribution < -0.4 is 5.32 Å². The van der Waals surface area contributed by atoms with Crippen LogP contribution in [0.4, 0.5) is 0 Å². The van der Waals surface area contributed by atoms with Gasteiger partial charge in [0.15, 0.2) is 0 Å². The Kier molecular flexibility index (Phi) is 4.86. The molecular weight excluding hydrogens is 182 g/mol. The molecule has 82 valence electrons. The molecule has 0 saturated carbocycles. The topological polar surface area (TPSA) is 44.8 Å². The molecule has 14 heavy (non-hydrogen) atoms. The zero-order chi connectivity index (χ0) is 10.4. The van der Waals surface area contributed by atoms with Crippen LogP contribution in [-0.4, -0.2) is 69.3 Å². The van der Waals surface area contributed by atoms with Gasteiger partial charge < -0.3 is 14.5 Å². The summed E-state index contributed by atoms with van der Waals surface area (Å²) in [7, 11) is 4.02. The van der Waals surface area contributed by atoms with Gasteiger partial charge in [-0.05, 0) is 14.1 Å². The maximum atomic E-state index is 11.1. The molecule has 0 aromatic rings. The Morgan fingerprint density at radius 2 is 2.29 bits per heavy atom. The summed E-state index contributed by atoms with van der Waals surface area (Å²) in [6, 6.07) is 0. The first-order valence-corrected chi connectivity index (χ1v) is 4.91. The highest BCUT2D eigenvalue weighted by atomic mass is 16.5. The van der Waals surface area contributed by atoms with Crippen LogP contribution in [0.3, 0.4) is 0 Å². The van der Waals surface area contributed by atoms with Crippen molar-refractivity contribution in [2.24, 2.45) is 0 Å². The van der Waals surface area contributed by atoms with Crippen molar-refractivity contribution in [1.29, 1.82) is 0 Å². The van der Waals surface area contributed by atoms with E-state index in [1.165, 1.54) is 0 Å². The monoisotopic (exact) mass is 201 g/mol. The largest absolute Gasteiger partial charge is 0.378 e. The predicted octanol–water partition coefficient (Wildman–Crippen LogP) is -1.05. The third kappa shape index (κ3) is 4.04. The number of carbonyl (C=O) groups is 1. The normalized spacial score (nSPS) is 17.1. The van der Waals surface area contributed by atoms with Crippen LogP contribution in [0.15, 0.2) is 0 Å². The fourth-order valence-corrected chi connectivity index (χ4v) is 1.23. The Bertz CT molecular complexity index is 185. The van der Waals surface area contributed by atoms with Gasteiger partial charge in [-0.15, -0.1) is 0 Å². The number of hydrogen-bond donors (Lipinski definition) is 1. The lowest BCUT2D eigenvalue weighted by Crippen LogP contribution is -2.30. The molecule has 0 radical (unpaired) electrons. The number of amides is 1. The zero-order valence-electron chi connectivity index (χ0n) is 8.95. The van der Waals surface area contributed by atoms with Gasteiger partial charge in [-0.25, -0.2) is 0 Å². The van der Waals surface area contributed by atoms with Gasteiger partial charge in [-0.1, -0.05) is 0 Å². The second-order valence-corrected chi connectivity index (χ2v) is 3.66. The number of ether oxygens (including phenoxy) is 1. The Morgan fingerprint density at radius 3 is 2.86 bits per heavy atom. The van der Waals surface area contributed by atoms with E-state index in [1.54, 1.807) is 4.90 Å². The van der Waals surface area contributed by atoms with Crippen LogP contribution in [0, 0.1) is 0 Å². The summed E-state index contributed by atoms with van der Waals surface area (Å²) in [6.07, 6.45) is 0. The van der Waals surface area contributed by atoms with E-state index in [1.807, 2.05) is 14.1 Å². The highest BCUT2D eigenvalue weighted by Gasteiger charge is 2.18. The van der Waals surface area contributed by atoms with E-state index in [4.69, 9.17) is 4.74 Å². The van der Waals surface area contributed by atoms with E-state index in [0.29, 0.717) is 26.4 Å². The van der Waals surface area contributed by atoms with Gasteiger partial charge >= 0.3 is 0 Å². The molecule has 0 atom stereocenters. The minimum atomic E-state index is 0.168. The zero-order valence-corrected chi connectivity index (χ0v) is 8.95.